The molecule has 0 radical (unpaired) electrons. The first-order chi connectivity index (χ1) is 13.5. The SMILES string of the molecule is CCOC1CCC([C@@H](O)OC2CCC(OC(=N)C3CCC(C)CC3)CC2)CC1. The Morgan fingerprint density at radius 1 is 0.857 bits per heavy atom. The first kappa shape index (κ1) is 22.0. The van der Waals surface area contributed by atoms with Crippen LogP contribution in [0.25, 0.3) is 0 Å². The molecule has 3 rings (SSSR count). The van der Waals surface area contributed by atoms with Crippen molar-refractivity contribution >= 4 is 5.90 Å². The number of ether oxygens (including phenoxy) is 3. The monoisotopic (exact) mass is 395 g/mol. The van der Waals surface area contributed by atoms with E-state index in [1.807, 2.05) is 6.92 Å². The zero-order chi connectivity index (χ0) is 19.9. The van der Waals surface area contributed by atoms with Gasteiger partial charge in [0.2, 0.25) is 0 Å². The number of hydrogen-bond donors (Lipinski definition) is 2. The quantitative estimate of drug-likeness (QED) is 0.359. The fraction of sp³-hybridized carbons (Fsp3) is 0.957. The normalized spacial score (nSPS) is 38.0. The lowest BCUT2D eigenvalue weighted by atomic mass is 9.83. The first-order valence-electron chi connectivity index (χ1n) is 11.7. The van der Waals surface area contributed by atoms with E-state index in [9.17, 15) is 5.11 Å². The van der Waals surface area contributed by atoms with Gasteiger partial charge < -0.3 is 19.3 Å². The molecule has 0 aromatic carbocycles. The van der Waals surface area contributed by atoms with E-state index < -0.39 is 6.29 Å². The Morgan fingerprint density at radius 2 is 1.43 bits per heavy atom. The summed E-state index contributed by atoms with van der Waals surface area (Å²) < 4.78 is 17.7. The van der Waals surface area contributed by atoms with Gasteiger partial charge in [-0.3, -0.25) is 5.41 Å². The summed E-state index contributed by atoms with van der Waals surface area (Å²) in [5.74, 6) is 1.89. The summed E-state index contributed by atoms with van der Waals surface area (Å²) in [5.41, 5.74) is 0. The lowest BCUT2D eigenvalue weighted by molar-refractivity contribution is -0.184. The highest BCUT2D eigenvalue weighted by Crippen LogP contribution is 2.33. The molecule has 0 unspecified atom stereocenters. The Hall–Kier alpha value is -0.650. The van der Waals surface area contributed by atoms with Gasteiger partial charge in [0.15, 0.2) is 12.2 Å². The Morgan fingerprint density at radius 3 is 2.04 bits per heavy atom. The van der Waals surface area contributed by atoms with Crippen LogP contribution in [0.15, 0.2) is 0 Å². The Kier molecular flexibility index (Phi) is 8.61. The van der Waals surface area contributed by atoms with Crippen molar-refractivity contribution in [1.82, 2.24) is 0 Å². The summed E-state index contributed by atoms with van der Waals surface area (Å²) in [6, 6.07) is 0. The zero-order valence-corrected chi connectivity index (χ0v) is 17.9. The van der Waals surface area contributed by atoms with Crippen molar-refractivity contribution in [2.24, 2.45) is 17.8 Å². The van der Waals surface area contributed by atoms with Crippen LogP contribution in [-0.2, 0) is 14.2 Å². The number of aliphatic hydroxyl groups excluding tert-OH is 1. The van der Waals surface area contributed by atoms with Gasteiger partial charge in [0.05, 0.1) is 12.2 Å². The lowest BCUT2D eigenvalue weighted by Gasteiger charge is -2.35. The molecule has 0 aromatic rings. The van der Waals surface area contributed by atoms with E-state index in [-0.39, 0.29) is 18.1 Å². The summed E-state index contributed by atoms with van der Waals surface area (Å²) in [6.07, 6.45) is 12.4. The standard InChI is InChI=1S/C23H41NO4/c1-3-26-19-10-8-18(9-11-19)23(25)28-21-14-12-20(13-15-21)27-22(24)17-6-4-16(2)5-7-17/h16-21,23-25H,3-15H2,1-2H3/t16?,17?,18?,19?,20?,21?,23-/m0/s1. The van der Waals surface area contributed by atoms with Gasteiger partial charge in [0, 0.05) is 18.4 Å². The third kappa shape index (κ3) is 6.43. The number of nitrogens with one attached hydrogen (secondary N) is 1. The second kappa shape index (κ2) is 10.9. The zero-order valence-electron chi connectivity index (χ0n) is 17.9. The summed E-state index contributed by atoms with van der Waals surface area (Å²) in [4.78, 5) is 0. The van der Waals surface area contributed by atoms with E-state index >= 15 is 0 Å². The third-order valence-electron chi connectivity index (χ3n) is 7.16. The molecular formula is C23H41NO4. The minimum absolute atomic E-state index is 0.129. The predicted molar refractivity (Wildman–Crippen MR) is 110 cm³/mol. The van der Waals surface area contributed by atoms with Crippen molar-refractivity contribution in [3.05, 3.63) is 0 Å². The van der Waals surface area contributed by atoms with Crippen molar-refractivity contribution in [1.29, 1.82) is 5.41 Å². The molecule has 0 aromatic heterocycles. The predicted octanol–water partition coefficient (Wildman–Crippen LogP) is 5.05. The van der Waals surface area contributed by atoms with Gasteiger partial charge in [-0.05, 0) is 89.9 Å². The molecule has 5 heteroatoms. The highest BCUT2D eigenvalue weighted by atomic mass is 16.6. The molecule has 0 amide bonds. The largest absolute Gasteiger partial charge is 0.478 e. The fourth-order valence-electron chi connectivity index (χ4n) is 5.17. The first-order valence-corrected chi connectivity index (χ1v) is 11.7. The van der Waals surface area contributed by atoms with Crippen LogP contribution in [0.4, 0.5) is 0 Å². The molecule has 3 aliphatic rings. The Labute approximate surface area is 171 Å². The molecule has 0 bridgehead atoms. The van der Waals surface area contributed by atoms with Crippen molar-refractivity contribution in [3.8, 4) is 0 Å². The highest BCUT2D eigenvalue weighted by Gasteiger charge is 2.32. The van der Waals surface area contributed by atoms with Gasteiger partial charge in [0.1, 0.15) is 6.10 Å². The minimum atomic E-state index is -0.646. The summed E-state index contributed by atoms with van der Waals surface area (Å²) in [6.45, 7) is 5.12. The Balaban J connectivity index is 1.32. The molecule has 5 nitrogen and oxygen atoms in total. The molecule has 0 saturated heterocycles. The van der Waals surface area contributed by atoms with Crippen molar-refractivity contribution in [2.45, 2.75) is 115 Å². The van der Waals surface area contributed by atoms with Crippen LogP contribution in [-0.4, -0.2) is 42.2 Å². The van der Waals surface area contributed by atoms with Crippen molar-refractivity contribution in [3.63, 3.8) is 0 Å². The molecule has 3 saturated carbocycles. The van der Waals surface area contributed by atoms with E-state index in [2.05, 4.69) is 6.92 Å². The van der Waals surface area contributed by atoms with Gasteiger partial charge in [0.25, 0.3) is 0 Å². The second-order valence-corrected chi connectivity index (χ2v) is 9.36. The van der Waals surface area contributed by atoms with Gasteiger partial charge >= 0.3 is 0 Å². The molecule has 1 atom stereocenters. The molecule has 3 fully saturated rings. The van der Waals surface area contributed by atoms with Gasteiger partial charge in [-0.2, -0.15) is 0 Å². The summed E-state index contributed by atoms with van der Waals surface area (Å²) in [7, 11) is 0. The van der Waals surface area contributed by atoms with E-state index in [0.717, 1.165) is 76.7 Å². The number of aliphatic hydroxyl groups is 1. The van der Waals surface area contributed by atoms with Crippen molar-refractivity contribution in [2.75, 3.05) is 6.61 Å². The van der Waals surface area contributed by atoms with Crippen LogP contribution in [0.2, 0.25) is 0 Å². The number of rotatable bonds is 7. The highest BCUT2D eigenvalue weighted by molar-refractivity contribution is 5.75. The average Bonchev–Trinajstić information content (AvgIpc) is 2.70. The Bertz CT molecular complexity index is 461. The van der Waals surface area contributed by atoms with Crippen LogP contribution in [0.1, 0.15) is 90.9 Å². The molecular weight excluding hydrogens is 354 g/mol. The maximum Gasteiger partial charge on any atom is 0.183 e. The van der Waals surface area contributed by atoms with Crippen LogP contribution >= 0.6 is 0 Å². The molecule has 0 spiro atoms. The van der Waals surface area contributed by atoms with Crippen LogP contribution < -0.4 is 0 Å². The smallest absolute Gasteiger partial charge is 0.183 e. The van der Waals surface area contributed by atoms with Gasteiger partial charge in [-0.25, -0.2) is 0 Å². The van der Waals surface area contributed by atoms with E-state index in [1.54, 1.807) is 0 Å². The van der Waals surface area contributed by atoms with Gasteiger partial charge in [-0.1, -0.05) is 6.92 Å². The summed E-state index contributed by atoms with van der Waals surface area (Å²) >= 11 is 0. The molecule has 0 heterocycles. The maximum absolute atomic E-state index is 10.5. The minimum Gasteiger partial charge on any atom is -0.478 e. The fourth-order valence-corrected chi connectivity index (χ4v) is 5.17. The van der Waals surface area contributed by atoms with E-state index in [0.29, 0.717) is 17.9 Å². The van der Waals surface area contributed by atoms with Crippen molar-refractivity contribution < 1.29 is 19.3 Å². The van der Waals surface area contributed by atoms with Crippen LogP contribution in [0.3, 0.4) is 0 Å². The second-order valence-electron chi connectivity index (χ2n) is 9.36. The molecule has 0 aliphatic heterocycles. The van der Waals surface area contributed by atoms with Crippen LogP contribution in [0, 0.1) is 23.2 Å². The van der Waals surface area contributed by atoms with Gasteiger partial charge in [-0.15, -0.1) is 0 Å². The lowest BCUT2D eigenvalue weighted by Crippen LogP contribution is -2.36. The molecule has 3 aliphatic carbocycles. The number of hydrogen-bond acceptors (Lipinski definition) is 5. The molecule has 2 N–H and O–H groups in total. The molecule has 28 heavy (non-hydrogen) atoms. The average molecular weight is 396 g/mol. The maximum atomic E-state index is 10.5. The molecule has 162 valence electrons. The van der Waals surface area contributed by atoms with E-state index in [4.69, 9.17) is 19.6 Å². The third-order valence-corrected chi connectivity index (χ3v) is 7.16. The van der Waals surface area contributed by atoms with E-state index in [1.165, 1.54) is 12.8 Å². The van der Waals surface area contributed by atoms with Crippen LogP contribution in [0.5, 0.6) is 0 Å². The topological polar surface area (TPSA) is 71.8 Å². The summed E-state index contributed by atoms with van der Waals surface area (Å²) in [5, 5.41) is 18.8.